The van der Waals surface area contributed by atoms with Crippen LogP contribution < -0.4 is 15.4 Å². The lowest BCUT2D eigenvalue weighted by Crippen LogP contribution is -2.19. The van der Waals surface area contributed by atoms with E-state index in [9.17, 15) is 8.42 Å². The second-order valence-corrected chi connectivity index (χ2v) is 7.85. The van der Waals surface area contributed by atoms with E-state index in [0.29, 0.717) is 23.0 Å². The normalized spacial score (nSPS) is 12.7. The van der Waals surface area contributed by atoms with E-state index in [2.05, 4.69) is 39.2 Å². The minimum atomic E-state index is -3.52. The molecule has 0 spiro atoms. The minimum Gasteiger partial charge on any atom is -0.352 e. The van der Waals surface area contributed by atoms with Gasteiger partial charge in [-0.3, -0.25) is 0 Å². The van der Waals surface area contributed by atoms with Crippen LogP contribution in [-0.2, 0) is 10.0 Å². The number of rotatable bonds is 7. The first-order chi connectivity index (χ1) is 11.8. The van der Waals surface area contributed by atoms with E-state index in [4.69, 9.17) is 0 Å². The van der Waals surface area contributed by atoms with Crippen LogP contribution in [0.1, 0.15) is 31.4 Å². The quantitative estimate of drug-likeness (QED) is 0.700. The van der Waals surface area contributed by atoms with Gasteiger partial charge in [0.15, 0.2) is 0 Å². The largest absolute Gasteiger partial charge is 0.352 e. The summed E-state index contributed by atoms with van der Waals surface area (Å²) in [7, 11) is -2.12. The van der Waals surface area contributed by atoms with Crippen molar-refractivity contribution in [2.45, 2.75) is 45.1 Å². The Kier molecular flexibility index (Phi) is 5.97. The standard InChI is InChI=1S/C17H25N5O2S/c1-6-13(4)20-17-19-10-12(3)16(22-17)21-14-8-7-11(2)15(9-14)25(23,24)18-5/h7-10,13,18H,6H2,1-5H3,(H2,19,20,21,22). The van der Waals surface area contributed by atoms with Crippen molar-refractivity contribution in [3.05, 3.63) is 35.5 Å². The molecule has 1 atom stereocenters. The van der Waals surface area contributed by atoms with Crippen molar-refractivity contribution in [3.8, 4) is 0 Å². The van der Waals surface area contributed by atoms with E-state index in [1.807, 2.05) is 13.0 Å². The zero-order chi connectivity index (χ0) is 18.6. The molecule has 25 heavy (non-hydrogen) atoms. The summed E-state index contributed by atoms with van der Waals surface area (Å²) in [4.78, 5) is 9.02. The van der Waals surface area contributed by atoms with Gasteiger partial charge >= 0.3 is 0 Å². The Morgan fingerprint density at radius 2 is 1.92 bits per heavy atom. The molecule has 0 radical (unpaired) electrons. The average molecular weight is 363 g/mol. The van der Waals surface area contributed by atoms with Gasteiger partial charge in [0.05, 0.1) is 4.90 Å². The average Bonchev–Trinajstić information content (AvgIpc) is 2.59. The summed E-state index contributed by atoms with van der Waals surface area (Å²) in [6, 6.07) is 5.46. The molecule has 2 aromatic rings. The Morgan fingerprint density at radius 3 is 2.56 bits per heavy atom. The molecule has 8 heteroatoms. The van der Waals surface area contributed by atoms with E-state index in [1.165, 1.54) is 7.05 Å². The molecular formula is C17H25N5O2S. The molecule has 0 bridgehead atoms. The van der Waals surface area contributed by atoms with Gasteiger partial charge in [-0.05, 0) is 51.9 Å². The van der Waals surface area contributed by atoms with E-state index >= 15 is 0 Å². The van der Waals surface area contributed by atoms with Crippen LogP contribution in [0.15, 0.2) is 29.3 Å². The molecule has 1 aromatic carbocycles. The van der Waals surface area contributed by atoms with E-state index in [0.717, 1.165) is 12.0 Å². The van der Waals surface area contributed by atoms with Crippen molar-refractivity contribution >= 4 is 27.5 Å². The van der Waals surface area contributed by atoms with Gasteiger partial charge in [-0.1, -0.05) is 13.0 Å². The molecular weight excluding hydrogens is 338 g/mol. The van der Waals surface area contributed by atoms with Crippen molar-refractivity contribution in [2.75, 3.05) is 17.7 Å². The third kappa shape index (κ3) is 4.67. The molecule has 0 saturated carbocycles. The highest BCUT2D eigenvalue weighted by atomic mass is 32.2. The number of aromatic nitrogens is 2. The number of benzene rings is 1. The Morgan fingerprint density at radius 1 is 1.20 bits per heavy atom. The van der Waals surface area contributed by atoms with Crippen LogP contribution in [0, 0.1) is 13.8 Å². The van der Waals surface area contributed by atoms with Crippen molar-refractivity contribution in [2.24, 2.45) is 0 Å². The molecule has 0 saturated heterocycles. The van der Waals surface area contributed by atoms with Crippen LogP contribution >= 0.6 is 0 Å². The lowest BCUT2D eigenvalue weighted by atomic mass is 10.2. The summed E-state index contributed by atoms with van der Waals surface area (Å²) in [6.45, 7) is 7.80. The van der Waals surface area contributed by atoms with Crippen LogP contribution in [0.25, 0.3) is 0 Å². The maximum atomic E-state index is 12.1. The third-order valence-electron chi connectivity index (χ3n) is 3.97. The predicted molar refractivity (Wildman–Crippen MR) is 101 cm³/mol. The van der Waals surface area contributed by atoms with Crippen LogP contribution in [0.3, 0.4) is 0 Å². The number of hydrogen-bond donors (Lipinski definition) is 3. The van der Waals surface area contributed by atoms with Crippen molar-refractivity contribution in [1.82, 2.24) is 14.7 Å². The highest BCUT2D eigenvalue weighted by Crippen LogP contribution is 2.24. The molecule has 3 N–H and O–H groups in total. The number of aryl methyl sites for hydroxylation is 2. The molecule has 7 nitrogen and oxygen atoms in total. The molecule has 1 aromatic heterocycles. The number of sulfonamides is 1. The second kappa shape index (κ2) is 7.79. The van der Waals surface area contributed by atoms with Gasteiger partial charge in [-0.25, -0.2) is 18.1 Å². The van der Waals surface area contributed by atoms with E-state index in [-0.39, 0.29) is 10.9 Å². The summed E-state index contributed by atoms with van der Waals surface area (Å²) in [5.41, 5.74) is 2.20. The Hall–Kier alpha value is -2.19. The third-order valence-corrected chi connectivity index (χ3v) is 5.53. The molecule has 0 fully saturated rings. The van der Waals surface area contributed by atoms with Gasteiger partial charge < -0.3 is 10.6 Å². The van der Waals surface area contributed by atoms with Crippen LogP contribution in [0.5, 0.6) is 0 Å². The Labute approximate surface area is 149 Å². The van der Waals surface area contributed by atoms with Crippen molar-refractivity contribution in [1.29, 1.82) is 0 Å². The van der Waals surface area contributed by atoms with Crippen molar-refractivity contribution in [3.63, 3.8) is 0 Å². The molecule has 0 aliphatic carbocycles. The number of anilines is 3. The zero-order valence-electron chi connectivity index (χ0n) is 15.2. The number of nitrogens with zero attached hydrogens (tertiary/aromatic N) is 2. The molecule has 0 aliphatic rings. The monoisotopic (exact) mass is 363 g/mol. The van der Waals surface area contributed by atoms with Crippen LogP contribution in [0.4, 0.5) is 17.5 Å². The van der Waals surface area contributed by atoms with Gasteiger partial charge in [0.1, 0.15) is 5.82 Å². The SMILES string of the molecule is CCC(C)Nc1ncc(C)c(Nc2ccc(C)c(S(=O)(=O)NC)c2)n1. The first-order valence-electron chi connectivity index (χ1n) is 8.18. The topological polar surface area (TPSA) is 96.0 Å². The molecule has 1 heterocycles. The predicted octanol–water partition coefficient (Wildman–Crippen LogP) is 2.96. The smallest absolute Gasteiger partial charge is 0.240 e. The number of hydrogen-bond acceptors (Lipinski definition) is 6. The summed E-state index contributed by atoms with van der Waals surface area (Å²) in [5.74, 6) is 1.18. The molecule has 0 amide bonds. The number of nitrogens with one attached hydrogen (secondary N) is 3. The molecule has 1 unspecified atom stereocenters. The summed E-state index contributed by atoms with van der Waals surface area (Å²) in [6.07, 6.45) is 2.70. The fourth-order valence-corrected chi connectivity index (χ4v) is 3.17. The fraction of sp³-hybridized carbons (Fsp3) is 0.412. The van der Waals surface area contributed by atoms with Gasteiger partial charge in [0, 0.05) is 23.5 Å². The molecule has 2 rings (SSSR count). The first kappa shape index (κ1) is 19.1. The van der Waals surface area contributed by atoms with E-state index < -0.39 is 10.0 Å². The summed E-state index contributed by atoms with van der Waals surface area (Å²) < 4.78 is 26.6. The van der Waals surface area contributed by atoms with Gasteiger partial charge in [0.25, 0.3) is 0 Å². The molecule has 136 valence electrons. The lowest BCUT2D eigenvalue weighted by Gasteiger charge is -2.15. The highest BCUT2D eigenvalue weighted by molar-refractivity contribution is 7.89. The maximum Gasteiger partial charge on any atom is 0.240 e. The van der Waals surface area contributed by atoms with E-state index in [1.54, 1.807) is 25.3 Å². The Bertz CT molecular complexity index is 852. The van der Waals surface area contributed by atoms with Gasteiger partial charge in [-0.15, -0.1) is 0 Å². The minimum absolute atomic E-state index is 0.240. The first-order valence-corrected chi connectivity index (χ1v) is 9.66. The van der Waals surface area contributed by atoms with Crippen LogP contribution in [-0.4, -0.2) is 31.5 Å². The zero-order valence-corrected chi connectivity index (χ0v) is 16.0. The maximum absolute atomic E-state index is 12.1. The summed E-state index contributed by atoms with van der Waals surface area (Å²) in [5, 5.41) is 6.42. The van der Waals surface area contributed by atoms with Gasteiger partial charge in [0.2, 0.25) is 16.0 Å². The molecule has 0 aliphatic heterocycles. The second-order valence-electron chi connectivity index (χ2n) is 5.99. The van der Waals surface area contributed by atoms with Gasteiger partial charge in [-0.2, -0.15) is 4.98 Å². The van der Waals surface area contributed by atoms with Crippen molar-refractivity contribution < 1.29 is 8.42 Å². The lowest BCUT2D eigenvalue weighted by molar-refractivity contribution is 0.587. The highest BCUT2D eigenvalue weighted by Gasteiger charge is 2.15. The summed E-state index contributed by atoms with van der Waals surface area (Å²) >= 11 is 0. The fourth-order valence-electron chi connectivity index (χ4n) is 2.17. The Balaban J connectivity index is 2.34. The van der Waals surface area contributed by atoms with Crippen LogP contribution in [0.2, 0.25) is 0 Å².